The van der Waals surface area contributed by atoms with Gasteiger partial charge in [0.2, 0.25) is 0 Å². The number of phenolic OH excluding ortho intramolecular Hbond substituents is 1. The second kappa shape index (κ2) is 5.79. The Hall–Kier alpha value is -1.28. The topological polar surface area (TPSA) is 55.5 Å². The van der Waals surface area contributed by atoms with Crippen LogP contribution in [0.1, 0.15) is 11.6 Å². The smallest absolute Gasteiger partial charge is 0.455 e. The maximum Gasteiger partial charge on any atom is 0.455 e. The van der Waals surface area contributed by atoms with E-state index < -0.39 is 23.7 Å². The maximum atomic E-state index is 13.1. The van der Waals surface area contributed by atoms with Gasteiger partial charge in [0.15, 0.2) is 0 Å². The Morgan fingerprint density at radius 2 is 1.74 bits per heavy atom. The van der Waals surface area contributed by atoms with Gasteiger partial charge in [0.25, 0.3) is 0 Å². The Morgan fingerprint density at radius 1 is 1.21 bits per heavy atom. The molecular formula is C10H11ClF5NO2. The Morgan fingerprint density at radius 3 is 2.16 bits per heavy atom. The monoisotopic (exact) mass is 307 g/mol. The van der Waals surface area contributed by atoms with Crippen molar-refractivity contribution in [2.45, 2.75) is 18.1 Å². The fraction of sp³-hybridized carbons (Fsp3) is 0.400. The van der Waals surface area contributed by atoms with Crippen LogP contribution in [0.15, 0.2) is 18.2 Å². The van der Waals surface area contributed by atoms with Crippen LogP contribution in [0, 0.1) is 0 Å². The summed E-state index contributed by atoms with van der Waals surface area (Å²) in [5, 5.41) is 9.08. The van der Waals surface area contributed by atoms with Gasteiger partial charge in [-0.15, -0.1) is 12.4 Å². The van der Waals surface area contributed by atoms with Gasteiger partial charge >= 0.3 is 12.1 Å². The quantitative estimate of drug-likeness (QED) is 0.844. The van der Waals surface area contributed by atoms with Crippen molar-refractivity contribution in [3.63, 3.8) is 0 Å². The summed E-state index contributed by atoms with van der Waals surface area (Å²) in [4.78, 5) is 0. The Kier molecular flexibility index (Phi) is 5.40. The molecule has 110 valence electrons. The van der Waals surface area contributed by atoms with E-state index in [2.05, 4.69) is 4.74 Å². The van der Waals surface area contributed by atoms with Crippen LogP contribution in [0.2, 0.25) is 0 Å². The summed E-state index contributed by atoms with van der Waals surface area (Å²) in [6, 6.07) is 0.0951. The summed E-state index contributed by atoms with van der Waals surface area (Å²) < 4.78 is 67.2. The van der Waals surface area contributed by atoms with E-state index in [9.17, 15) is 22.0 Å². The van der Waals surface area contributed by atoms with Crippen LogP contribution < -0.4 is 10.5 Å². The van der Waals surface area contributed by atoms with E-state index in [1.807, 2.05) is 0 Å². The van der Waals surface area contributed by atoms with Crippen LogP contribution in [0.3, 0.4) is 0 Å². The van der Waals surface area contributed by atoms with Crippen molar-refractivity contribution in [3.05, 3.63) is 23.8 Å². The van der Waals surface area contributed by atoms with Crippen LogP contribution >= 0.6 is 12.4 Å². The second-order valence-electron chi connectivity index (χ2n) is 3.52. The molecule has 0 aliphatic rings. The second-order valence-corrected chi connectivity index (χ2v) is 3.52. The summed E-state index contributed by atoms with van der Waals surface area (Å²) in [7, 11) is 1.07. The van der Waals surface area contributed by atoms with Crippen molar-refractivity contribution in [3.8, 4) is 11.5 Å². The lowest BCUT2D eigenvalue weighted by Crippen LogP contribution is -2.45. The molecule has 0 amide bonds. The molecule has 3 N–H and O–H groups in total. The van der Waals surface area contributed by atoms with Crippen LogP contribution in [-0.2, 0) is 0 Å². The summed E-state index contributed by atoms with van der Waals surface area (Å²) in [5.41, 5.74) is 4.41. The van der Waals surface area contributed by atoms with Gasteiger partial charge in [-0.25, -0.2) is 0 Å². The molecule has 0 unspecified atom stereocenters. The fourth-order valence-electron chi connectivity index (χ4n) is 1.33. The zero-order valence-corrected chi connectivity index (χ0v) is 10.4. The fourth-order valence-corrected chi connectivity index (χ4v) is 1.33. The Bertz CT molecular complexity index is 438. The molecule has 3 nitrogen and oxygen atoms in total. The molecule has 19 heavy (non-hydrogen) atoms. The minimum Gasteiger partial charge on any atom is -0.508 e. The van der Waals surface area contributed by atoms with E-state index >= 15 is 0 Å². The molecule has 0 aliphatic heterocycles. The van der Waals surface area contributed by atoms with Gasteiger partial charge < -0.3 is 15.6 Å². The minimum absolute atomic E-state index is 0. The third kappa shape index (κ3) is 3.38. The van der Waals surface area contributed by atoms with E-state index in [0.717, 1.165) is 25.3 Å². The number of benzene rings is 1. The molecule has 0 aliphatic carbocycles. The number of hydrogen-bond acceptors (Lipinski definition) is 3. The number of rotatable bonds is 3. The Labute approximate surface area is 111 Å². The number of methoxy groups -OCH3 is 1. The number of hydrogen-bond donors (Lipinski definition) is 2. The number of ether oxygens (including phenoxy) is 1. The van der Waals surface area contributed by atoms with Crippen LogP contribution in [-0.4, -0.2) is 24.3 Å². The molecule has 0 saturated heterocycles. The highest BCUT2D eigenvalue weighted by molar-refractivity contribution is 5.85. The number of halogens is 6. The number of aromatic hydroxyl groups is 1. The molecule has 9 heteroatoms. The summed E-state index contributed by atoms with van der Waals surface area (Å²) in [6.07, 6.45) is -5.77. The van der Waals surface area contributed by atoms with E-state index in [1.54, 1.807) is 0 Å². The highest BCUT2D eigenvalue weighted by atomic mass is 35.5. The molecule has 0 fully saturated rings. The number of alkyl halides is 5. The van der Waals surface area contributed by atoms with Gasteiger partial charge in [0, 0.05) is 11.6 Å². The van der Waals surface area contributed by atoms with Crippen molar-refractivity contribution in [1.29, 1.82) is 0 Å². The zero-order valence-electron chi connectivity index (χ0n) is 9.54. The van der Waals surface area contributed by atoms with E-state index in [-0.39, 0.29) is 23.9 Å². The van der Waals surface area contributed by atoms with Gasteiger partial charge in [-0.1, -0.05) is 0 Å². The predicted octanol–water partition coefficient (Wildman–Crippen LogP) is 3.02. The Balaban J connectivity index is 0.00000324. The average molecular weight is 308 g/mol. The number of nitrogens with two attached hydrogens (primary N) is 1. The summed E-state index contributed by atoms with van der Waals surface area (Å²) in [6.45, 7) is 0. The van der Waals surface area contributed by atoms with Gasteiger partial charge in [-0.2, -0.15) is 22.0 Å². The third-order valence-electron chi connectivity index (χ3n) is 2.32. The van der Waals surface area contributed by atoms with Gasteiger partial charge in [0.1, 0.15) is 17.5 Å². The highest BCUT2D eigenvalue weighted by Crippen LogP contribution is 2.45. The largest absolute Gasteiger partial charge is 0.508 e. The normalized spacial score (nSPS) is 13.6. The van der Waals surface area contributed by atoms with E-state index in [4.69, 9.17) is 10.8 Å². The van der Waals surface area contributed by atoms with Crippen molar-refractivity contribution < 1.29 is 31.8 Å². The lowest BCUT2D eigenvalue weighted by molar-refractivity contribution is -0.291. The SMILES string of the molecule is COc1cc(O)ccc1[C@H](N)C(F)(F)C(F)(F)F.Cl. The number of phenols is 1. The van der Waals surface area contributed by atoms with Crippen molar-refractivity contribution in [2.75, 3.05) is 7.11 Å². The average Bonchev–Trinajstić information content (AvgIpc) is 2.26. The first-order chi connectivity index (χ1) is 8.11. The standard InChI is InChI=1S/C10H10F5NO2.ClH/c1-18-7-4-5(17)2-3-6(7)8(16)9(11,12)10(13,14)15;/h2-4,8,17H,16H2,1H3;1H/t8-;/m0./s1. The lowest BCUT2D eigenvalue weighted by Gasteiger charge is -2.26. The molecule has 0 saturated carbocycles. The molecule has 0 heterocycles. The first-order valence-corrected chi connectivity index (χ1v) is 4.68. The van der Waals surface area contributed by atoms with Crippen LogP contribution in [0.5, 0.6) is 11.5 Å². The molecule has 1 rings (SSSR count). The van der Waals surface area contributed by atoms with Crippen molar-refractivity contribution in [1.82, 2.24) is 0 Å². The maximum absolute atomic E-state index is 13.1. The first kappa shape index (κ1) is 17.7. The first-order valence-electron chi connectivity index (χ1n) is 4.68. The molecule has 0 spiro atoms. The molecular weight excluding hydrogens is 297 g/mol. The molecule has 0 aromatic heterocycles. The molecule has 1 aromatic rings. The van der Waals surface area contributed by atoms with Gasteiger partial charge in [-0.3, -0.25) is 0 Å². The molecule has 1 aromatic carbocycles. The lowest BCUT2D eigenvalue weighted by atomic mass is 10.00. The van der Waals surface area contributed by atoms with Crippen molar-refractivity contribution >= 4 is 12.4 Å². The van der Waals surface area contributed by atoms with Gasteiger partial charge in [0.05, 0.1) is 7.11 Å². The predicted molar refractivity (Wildman–Crippen MR) is 59.8 cm³/mol. The molecule has 0 bridgehead atoms. The van der Waals surface area contributed by atoms with Gasteiger partial charge in [-0.05, 0) is 12.1 Å². The highest BCUT2D eigenvalue weighted by Gasteiger charge is 2.62. The van der Waals surface area contributed by atoms with E-state index in [0.29, 0.717) is 0 Å². The van der Waals surface area contributed by atoms with E-state index in [1.165, 1.54) is 0 Å². The molecule has 1 atom stereocenters. The summed E-state index contributed by atoms with van der Waals surface area (Å²) in [5.74, 6) is -5.78. The van der Waals surface area contributed by atoms with Crippen LogP contribution in [0.4, 0.5) is 22.0 Å². The third-order valence-corrected chi connectivity index (χ3v) is 2.32. The molecule has 0 radical (unpaired) electrons. The summed E-state index contributed by atoms with van der Waals surface area (Å²) >= 11 is 0. The minimum atomic E-state index is -5.77. The zero-order chi connectivity index (χ0) is 14.1. The van der Waals surface area contributed by atoms with Crippen molar-refractivity contribution in [2.24, 2.45) is 5.73 Å². The van der Waals surface area contributed by atoms with Crippen LogP contribution in [0.25, 0.3) is 0 Å².